The molecule has 1 aliphatic carbocycles. The second kappa shape index (κ2) is 12.3. The van der Waals surface area contributed by atoms with Gasteiger partial charge in [-0.15, -0.1) is 0 Å². The van der Waals surface area contributed by atoms with E-state index in [4.69, 9.17) is 9.84 Å². The molecule has 2 heterocycles. The van der Waals surface area contributed by atoms with E-state index in [1.54, 1.807) is 0 Å². The first-order valence-electron chi connectivity index (χ1n) is 12.5. The summed E-state index contributed by atoms with van der Waals surface area (Å²) in [4.78, 5) is 9.72. The van der Waals surface area contributed by atoms with E-state index in [-0.39, 0.29) is 6.61 Å². The lowest BCUT2D eigenvalue weighted by Crippen LogP contribution is -2.46. The smallest absolute Gasteiger partial charge is 0.119 e. The van der Waals surface area contributed by atoms with Gasteiger partial charge in [0, 0.05) is 44.6 Å². The summed E-state index contributed by atoms with van der Waals surface area (Å²) < 4.78 is 5.64. The molecule has 0 bridgehead atoms. The highest BCUT2D eigenvalue weighted by Gasteiger charge is 2.28. The topological polar surface area (TPSA) is 48.8 Å². The van der Waals surface area contributed by atoms with Crippen LogP contribution in [-0.2, 0) is 13.1 Å². The van der Waals surface area contributed by atoms with Gasteiger partial charge in [-0.2, -0.15) is 0 Å². The molecule has 1 N–H and O–H groups in total. The van der Waals surface area contributed by atoms with Crippen molar-refractivity contribution in [3.63, 3.8) is 0 Å². The summed E-state index contributed by atoms with van der Waals surface area (Å²) in [5.41, 5.74) is 2.52. The minimum absolute atomic E-state index is 0.0382. The third-order valence-electron chi connectivity index (χ3n) is 6.95. The van der Waals surface area contributed by atoms with Gasteiger partial charge in [-0.25, -0.2) is 0 Å². The molecule has 0 radical (unpaired) electrons. The van der Waals surface area contributed by atoms with Gasteiger partial charge in [0.05, 0.1) is 6.61 Å². The van der Waals surface area contributed by atoms with Gasteiger partial charge in [0.15, 0.2) is 0 Å². The SMILES string of the molecule is OCCOc1cccc(CN(Cc2cccnc2)CC2CCCN(C3CCCCC3)C2)c1. The van der Waals surface area contributed by atoms with Crippen LogP contribution in [-0.4, -0.2) is 58.8 Å². The Morgan fingerprint density at radius 3 is 2.66 bits per heavy atom. The second-order valence-corrected chi connectivity index (χ2v) is 9.55. The highest BCUT2D eigenvalue weighted by atomic mass is 16.5. The van der Waals surface area contributed by atoms with Crippen molar-refractivity contribution in [2.45, 2.75) is 64.1 Å². The number of pyridine rings is 1. The zero-order chi connectivity index (χ0) is 22.0. The standard InChI is InChI=1S/C27H39N3O2/c31-15-16-32-27-12-4-7-23(17-27)19-29(20-24-8-5-13-28-18-24)21-25-9-6-14-30(22-25)26-10-2-1-3-11-26/h4-5,7-8,12-13,17-18,25-26,31H,1-3,6,9-11,14-16,19-22H2. The Balaban J connectivity index is 1.42. The summed E-state index contributed by atoms with van der Waals surface area (Å²) in [6.45, 7) is 5.82. The molecule has 5 heteroatoms. The fourth-order valence-electron chi connectivity index (χ4n) is 5.48. The van der Waals surface area contributed by atoms with E-state index in [2.05, 4.69) is 39.0 Å². The van der Waals surface area contributed by atoms with E-state index in [1.807, 2.05) is 24.5 Å². The molecule has 1 unspecified atom stereocenters. The van der Waals surface area contributed by atoms with Crippen molar-refractivity contribution in [1.29, 1.82) is 0 Å². The van der Waals surface area contributed by atoms with E-state index in [0.717, 1.165) is 37.3 Å². The molecule has 1 saturated carbocycles. The molecule has 5 nitrogen and oxygen atoms in total. The normalized spacial score (nSPS) is 20.5. The van der Waals surface area contributed by atoms with Crippen LogP contribution in [0.2, 0.25) is 0 Å². The summed E-state index contributed by atoms with van der Waals surface area (Å²) >= 11 is 0. The quantitative estimate of drug-likeness (QED) is 0.593. The summed E-state index contributed by atoms with van der Waals surface area (Å²) in [5, 5.41) is 9.06. The Morgan fingerprint density at radius 2 is 1.84 bits per heavy atom. The molecule has 2 aromatic rings. The lowest BCUT2D eigenvalue weighted by Gasteiger charge is -2.41. The zero-order valence-electron chi connectivity index (χ0n) is 19.4. The highest BCUT2D eigenvalue weighted by molar-refractivity contribution is 5.28. The summed E-state index contributed by atoms with van der Waals surface area (Å²) in [6.07, 6.45) is 13.5. The summed E-state index contributed by atoms with van der Waals surface area (Å²) in [5.74, 6) is 1.55. The van der Waals surface area contributed by atoms with E-state index < -0.39 is 0 Å². The molecule has 4 rings (SSSR count). The van der Waals surface area contributed by atoms with Crippen LogP contribution in [0.25, 0.3) is 0 Å². The lowest BCUT2D eigenvalue weighted by molar-refractivity contribution is 0.0771. The van der Waals surface area contributed by atoms with E-state index >= 15 is 0 Å². The number of likely N-dealkylation sites (tertiary alicyclic amines) is 1. The number of ether oxygens (including phenoxy) is 1. The fraction of sp³-hybridized carbons (Fsp3) is 0.593. The van der Waals surface area contributed by atoms with E-state index in [9.17, 15) is 0 Å². The predicted octanol–water partition coefficient (Wildman–Crippen LogP) is 4.50. The van der Waals surface area contributed by atoms with Crippen LogP contribution < -0.4 is 4.74 Å². The minimum atomic E-state index is 0.0382. The number of nitrogens with zero attached hydrogens (tertiary/aromatic N) is 3. The first-order valence-corrected chi connectivity index (χ1v) is 12.5. The van der Waals surface area contributed by atoms with E-state index in [1.165, 1.54) is 69.2 Å². The van der Waals surface area contributed by atoms with Crippen molar-refractivity contribution in [2.75, 3.05) is 32.8 Å². The Labute approximate surface area is 193 Å². The predicted molar refractivity (Wildman–Crippen MR) is 129 cm³/mol. The van der Waals surface area contributed by atoms with Crippen molar-refractivity contribution >= 4 is 0 Å². The lowest BCUT2D eigenvalue weighted by atomic mass is 9.90. The van der Waals surface area contributed by atoms with Crippen molar-refractivity contribution in [1.82, 2.24) is 14.8 Å². The molecule has 0 amide bonds. The molecule has 1 aliphatic heterocycles. The molecular formula is C27H39N3O2. The maximum absolute atomic E-state index is 9.06. The van der Waals surface area contributed by atoms with Crippen LogP contribution >= 0.6 is 0 Å². The Hall–Kier alpha value is -1.95. The number of aliphatic hydroxyl groups excluding tert-OH is 1. The van der Waals surface area contributed by atoms with Crippen LogP contribution in [0.15, 0.2) is 48.8 Å². The maximum atomic E-state index is 9.06. The van der Waals surface area contributed by atoms with Crippen LogP contribution in [0, 0.1) is 5.92 Å². The number of piperidine rings is 1. The molecule has 0 spiro atoms. The van der Waals surface area contributed by atoms with Crippen LogP contribution in [0.1, 0.15) is 56.1 Å². The molecule has 174 valence electrons. The molecule has 2 aliphatic rings. The van der Waals surface area contributed by atoms with Gasteiger partial charge in [0.2, 0.25) is 0 Å². The average molecular weight is 438 g/mol. The number of benzene rings is 1. The number of rotatable bonds is 10. The fourth-order valence-corrected chi connectivity index (χ4v) is 5.48. The first kappa shape index (κ1) is 23.2. The van der Waals surface area contributed by atoms with E-state index in [0.29, 0.717) is 6.61 Å². The molecule has 1 atom stereocenters. The van der Waals surface area contributed by atoms with Crippen LogP contribution in [0.5, 0.6) is 5.75 Å². The number of aliphatic hydroxyl groups is 1. The zero-order valence-corrected chi connectivity index (χ0v) is 19.4. The number of hydrogen-bond donors (Lipinski definition) is 1. The average Bonchev–Trinajstić information content (AvgIpc) is 2.84. The molecular weight excluding hydrogens is 398 g/mol. The van der Waals surface area contributed by atoms with Crippen molar-refractivity contribution < 1.29 is 9.84 Å². The second-order valence-electron chi connectivity index (χ2n) is 9.55. The summed E-state index contributed by atoms with van der Waals surface area (Å²) in [6, 6.07) is 13.3. The minimum Gasteiger partial charge on any atom is -0.491 e. The van der Waals surface area contributed by atoms with Gasteiger partial charge in [0.25, 0.3) is 0 Å². The molecule has 1 saturated heterocycles. The monoisotopic (exact) mass is 437 g/mol. The van der Waals surface area contributed by atoms with Gasteiger partial charge in [-0.3, -0.25) is 9.88 Å². The largest absolute Gasteiger partial charge is 0.491 e. The Bertz CT molecular complexity index is 794. The van der Waals surface area contributed by atoms with Gasteiger partial charge in [0.1, 0.15) is 12.4 Å². The maximum Gasteiger partial charge on any atom is 0.119 e. The van der Waals surface area contributed by atoms with Gasteiger partial charge >= 0.3 is 0 Å². The third-order valence-corrected chi connectivity index (χ3v) is 6.95. The van der Waals surface area contributed by atoms with Crippen molar-refractivity contribution in [3.05, 3.63) is 59.9 Å². The van der Waals surface area contributed by atoms with Crippen molar-refractivity contribution in [2.24, 2.45) is 5.92 Å². The molecule has 1 aromatic heterocycles. The van der Waals surface area contributed by atoms with Gasteiger partial charge < -0.3 is 14.7 Å². The Morgan fingerprint density at radius 1 is 1.00 bits per heavy atom. The van der Waals surface area contributed by atoms with Crippen LogP contribution in [0.3, 0.4) is 0 Å². The van der Waals surface area contributed by atoms with Crippen LogP contribution in [0.4, 0.5) is 0 Å². The van der Waals surface area contributed by atoms with Crippen molar-refractivity contribution in [3.8, 4) is 5.75 Å². The number of hydrogen-bond acceptors (Lipinski definition) is 5. The van der Waals surface area contributed by atoms with Gasteiger partial charge in [-0.05, 0) is 67.5 Å². The highest BCUT2D eigenvalue weighted by Crippen LogP contribution is 2.28. The first-order chi connectivity index (χ1) is 15.8. The Kier molecular flexibility index (Phi) is 8.95. The molecule has 32 heavy (non-hydrogen) atoms. The summed E-state index contributed by atoms with van der Waals surface area (Å²) in [7, 11) is 0. The molecule has 1 aromatic carbocycles. The van der Waals surface area contributed by atoms with Gasteiger partial charge in [-0.1, -0.05) is 37.5 Å². The third kappa shape index (κ3) is 7.03. The molecule has 2 fully saturated rings. The number of aromatic nitrogens is 1.